The number of benzene rings is 1. The molecule has 3 aromatic heterocycles. The van der Waals surface area contributed by atoms with Gasteiger partial charge in [-0.15, -0.1) is 0 Å². The lowest BCUT2D eigenvalue weighted by atomic mass is 10.0. The molecule has 0 aliphatic heterocycles. The Bertz CT molecular complexity index is 1390. The number of hydrogen-bond acceptors (Lipinski definition) is 7. The fourth-order valence-corrected chi connectivity index (χ4v) is 5.49. The number of aryl methyl sites for hydroxylation is 2. The summed E-state index contributed by atoms with van der Waals surface area (Å²) in [5.74, 6) is 2.05. The van der Waals surface area contributed by atoms with Gasteiger partial charge < -0.3 is 9.09 Å². The van der Waals surface area contributed by atoms with Crippen LogP contribution in [0.25, 0.3) is 11.0 Å². The first-order valence-electron chi connectivity index (χ1n) is 11.9. The number of sulfonamides is 1. The number of hydrogen-bond donors (Lipinski definition) is 0. The average Bonchev–Trinajstić information content (AvgIpc) is 3.42. The summed E-state index contributed by atoms with van der Waals surface area (Å²) in [5.41, 5.74) is 2.81. The summed E-state index contributed by atoms with van der Waals surface area (Å²) < 4.78 is 36.0. The second-order valence-corrected chi connectivity index (χ2v) is 11.2. The summed E-state index contributed by atoms with van der Waals surface area (Å²) in [6.07, 6.45) is 5.64. The second kappa shape index (κ2) is 10.2. The molecule has 0 aliphatic rings. The van der Waals surface area contributed by atoms with Gasteiger partial charge in [0.05, 0.1) is 16.6 Å². The number of aromatic nitrogens is 5. The number of rotatable bonds is 10. The molecule has 0 spiro atoms. The zero-order valence-corrected chi connectivity index (χ0v) is 21.7. The monoisotopic (exact) mass is 496 g/mol. The maximum Gasteiger partial charge on any atom is 0.245 e. The molecule has 1 unspecified atom stereocenters. The van der Waals surface area contributed by atoms with Crippen molar-refractivity contribution in [1.82, 2.24) is 29.0 Å². The molecule has 0 N–H and O–H groups in total. The van der Waals surface area contributed by atoms with Gasteiger partial charge in [0, 0.05) is 26.2 Å². The van der Waals surface area contributed by atoms with Gasteiger partial charge in [0.1, 0.15) is 17.4 Å². The van der Waals surface area contributed by atoms with E-state index in [0.29, 0.717) is 31.1 Å². The van der Waals surface area contributed by atoms with E-state index in [9.17, 15) is 8.42 Å². The predicted octanol–water partition coefficient (Wildman–Crippen LogP) is 4.53. The molecular formula is C25H32N6O3S. The molecule has 0 radical (unpaired) electrons. The lowest BCUT2D eigenvalue weighted by Gasteiger charge is -2.26. The number of pyridine rings is 1. The van der Waals surface area contributed by atoms with Crippen LogP contribution in [0.5, 0.6) is 0 Å². The molecule has 9 nitrogen and oxygen atoms in total. The van der Waals surface area contributed by atoms with E-state index in [1.807, 2.05) is 45.9 Å². The first-order valence-corrected chi connectivity index (χ1v) is 13.3. The molecule has 4 rings (SSSR count). The highest BCUT2D eigenvalue weighted by Crippen LogP contribution is 2.31. The summed E-state index contributed by atoms with van der Waals surface area (Å²) >= 11 is 0. The topological polar surface area (TPSA) is 107 Å². The van der Waals surface area contributed by atoms with Crippen LogP contribution in [0, 0.1) is 12.8 Å². The summed E-state index contributed by atoms with van der Waals surface area (Å²) in [4.78, 5) is 13.4. The SMILES string of the molecule is CCCc1noc(C(CC(C)C)N(C)S(=O)(=O)c2ccc(Cn3c(C)nc4cnccc43)cc2)n1. The molecule has 1 aromatic carbocycles. The Kier molecular flexibility index (Phi) is 7.32. The Morgan fingerprint density at radius 3 is 2.54 bits per heavy atom. The standard InChI is InChI=1S/C25H32N6O3S/c1-6-7-24-28-25(34-29-24)23(14-17(2)3)30(5)35(32,33)20-10-8-19(9-11-20)16-31-18(4)27-21-15-26-13-12-22(21)31/h8-13,15,17,23H,6-7,14,16H2,1-5H3. The van der Waals surface area contributed by atoms with Gasteiger partial charge >= 0.3 is 0 Å². The summed E-state index contributed by atoms with van der Waals surface area (Å²) in [7, 11) is -2.20. The van der Waals surface area contributed by atoms with Crippen LogP contribution in [0.2, 0.25) is 0 Å². The minimum absolute atomic E-state index is 0.224. The molecule has 3 heterocycles. The minimum atomic E-state index is -3.78. The van der Waals surface area contributed by atoms with Gasteiger partial charge in [-0.3, -0.25) is 4.98 Å². The first kappa shape index (κ1) is 25.0. The zero-order chi connectivity index (χ0) is 25.2. The van der Waals surface area contributed by atoms with Crippen molar-refractivity contribution >= 4 is 21.1 Å². The third kappa shape index (κ3) is 5.28. The molecule has 1 atom stereocenters. The highest BCUT2D eigenvalue weighted by atomic mass is 32.2. The van der Waals surface area contributed by atoms with Crippen molar-refractivity contribution in [2.45, 2.75) is 64.4 Å². The molecule has 35 heavy (non-hydrogen) atoms. The van der Waals surface area contributed by atoms with Crippen LogP contribution < -0.4 is 0 Å². The van der Waals surface area contributed by atoms with E-state index in [1.54, 1.807) is 31.6 Å². The van der Waals surface area contributed by atoms with E-state index in [2.05, 4.69) is 24.7 Å². The maximum atomic E-state index is 13.5. The van der Waals surface area contributed by atoms with E-state index in [4.69, 9.17) is 4.52 Å². The molecule has 0 saturated carbocycles. The van der Waals surface area contributed by atoms with Crippen molar-refractivity contribution in [3.05, 3.63) is 65.8 Å². The van der Waals surface area contributed by atoms with Crippen LogP contribution in [-0.4, -0.2) is 44.4 Å². The first-order chi connectivity index (χ1) is 16.7. The quantitative estimate of drug-likeness (QED) is 0.317. The Hall–Kier alpha value is -3.11. The van der Waals surface area contributed by atoms with Crippen LogP contribution in [-0.2, 0) is 23.0 Å². The van der Waals surface area contributed by atoms with Crippen molar-refractivity contribution in [1.29, 1.82) is 0 Å². The third-order valence-corrected chi connectivity index (χ3v) is 7.94. The van der Waals surface area contributed by atoms with E-state index in [1.165, 1.54) is 4.31 Å². The van der Waals surface area contributed by atoms with Crippen molar-refractivity contribution in [3.63, 3.8) is 0 Å². The van der Waals surface area contributed by atoms with Gasteiger partial charge in [0.15, 0.2) is 5.82 Å². The van der Waals surface area contributed by atoms with Crippen LogP contribution in [0.3, 0.4) is 0 Å². The van der Waals surface area contributed by atoms with Gasteiger partial charge in [0.2, 0.25) is 15.9 Å². The van der Waals surface area contributed by atoms with E-state index < -0.39 is 16.1 Å². The second-order valence-electron chi connectivity index (χ2n) is 9.22. The van der Waals surface area contributed by atoms with Crippen molar-refractivity contribution in [3.8, 4) is 0 Å². The number of nitrogens with zero attached hydrogens (tertiary/aromatic N) is 6. The molecule has 0 aliphatic carbocycles. The Balaban J connectivity index is 1.58. The molecular weight excluding hydrogens is 464 g/mol. The van der Waals surface area contributed by atoms with E-state index >= 15 is 0 Å². The van der Waals surface area contributed by atoms with E-state index in [0.717, 1.165) is 28.8 Å². The largest absolute Gasteiger partial charge is 0.338 e. The molecule has 4 aromatic rings. The van der Waals surface area contributed by atoms with Gasteiger partial charge in [-0.05, 0) is 49.4 Å². The van der Waals surface area contributed by atoms with Crippen LogP contribution in [0.4, 0.5) is 0 Å². The summed E-state index contributed by atoms with van der Waals surface area (Å²) in [6, 6.07) is 8.39. The molecule has 186 valence electrons. The van der Waals surface area contributed by atoms with Crippen molar-refractivity contribution in [2.24, 2.45) is 5.92 Å². The minimum Gasteiger partial charge on any atom is -0.338 e. The van der Waals surface area contributed by atoms with Crippen molar-refractivity contribution < 1.29 is 12.9 Å². The van der Waals surface area contributed by atoms with Crippen LogP contribution in [0.15, 0.2) is 52.1 Å². The molecule has 0 fully saturated rings. The van der Waals surface area contributed by atoms with Gasteiger partial charge in [-0.25, -0.2) is 13.4 Å². The fraction of sp³-hybridized carbons (Fsp3) is 0.440. The number of fused-ring (bicyclic) bond motifs is 1. The molecule has 10 heteroatoms. The van der Waals surface area contributed by atoms with Gasteiger partial charge in [-0.1, -0.05) is 38.1 Å². The highest BCUT2D eigenvalue weighted by molar-refractivity contribution is 7.89. The molecule has 0 amide bonds. The number of imidazole rings is 1. The van der Waals surface area contributed by atoms with Gasteiger partial charge in [-0.2, -0.15) is 9.29 Å². The van der Waals surface area contributed by atoms with Gasteiger partial charge in [0.25, 0.3) is 0 Å². The average molecular weight is 497 g/mol. The predicted molar refractivity (Wildman–Crippen MR) is 133 cm³/mol. The van der Waals surface area contributed by atoms with Crippen molar-refractivity contribution in [2.75, 3.05) is 7.05 Å². The fourth-order valence-electron chi connectivity index (χ4n) is 4.16. The van der Waals surface area contributed by atoms with E-state index in [-0.39, 0.29) is 10.8 Å². The lowest BCUT2D eigenvalue weighted by molar-refractivity contribution is 0.247. The Morgan fingerprint density at radius 2 is 1.86 bits per heavy atom. The Labute approximate surface area is 206 Å². The van der Waals surface area contributed by atoms with Crippen LogP contribution >= 0.6 is 0 Å². The summed E-state index contributed by atoms with van der Waals surface area (Å²) in [5, 5.41) is 4.03. The molecule has 0 bridgehead atoms. The highest BCUT2D eigenvalue weighted by Gasteiger charge is 2.33. The smallest absolute Gasteiger partial charge is 0.245 e. The normalized spacial score (nSPS) is 13.2. The zero-order valence-electron chi connectivity index (χ0n) is 20.8. The Morgan fingerprint density at radius 1 is 1.11 bits per heavy atom. The third-order valence-electron chi connectivity index (χ3n) is 6.06. The summed E-state index contributed by atoms with van der Waals surface area (Å²) in [6.45, 7) is 8.66. The maximum absolute atomic E-state index is 13.5. The molecule has 0 saturated heterocycles. The van der Waals surface area contributed by atoms with Crippen LogP contribution in [0.1, 0.15) is 62.8 Å². The lowest BCUT2D eigenvalue weighted by Crippen LogP contribution is -2.32.